The van der Waals surface area contributed by atoms with E-state index in [0.29, 0.717) is 37.5 Å². The number of hydrogen-bond donors (Lipinski definition) is 1. The van der Waals surface area contributed by atoms with Gasteiger partial charge in [0.15, 0.2) is 5.43 Å². The Bertz CT molecular complexity index is 1250. The zero-order valence-electron chi connectivity index (χ0n) is 14.4. The van der Waals surface area contributed by atoms with Crippen LogP contribution in [0.15, 0.2) is 86.5 Å². The smallest absolute Gasteiger partial charge is 0.256 e. The maximum absolute atomic E-state index is 12.6. The summed E-state index contributed by atoms with van der Waals surface area (Å²) in [6.07, 6.45) is 0. The molecule has 4 aromatic rings. The van der Waals surface area contributed by atoms with E-state index in [1.165, 1.54) is 6.07 Å². The summed E-state index contributed by atoms with van der Waals surface area (Å²) in [7, 11) is 0. The number of hydrogen-bond acceptors (Lipinski definition) is 3. The highest BCUT2D eigenvalue weighted by Gasteiger charge is 2.12. The van der Waals surface area contributed by atoms with Crippen LogP contribution in [-0.4, -0.2) is 5.91 Å². The van der Waals surface area contributed by atoms with Crippen molar-refractivity contribution in [2.45, 2.75) is 0 Å². The molecule has 0 saturated heterocycles. The lowest BCUT2D eigenvalue weighted by molar-refractivity contribution is 0.102. The Morgan fingerprint density at radius 2 is 1.71 bits per heavy atom. The Hall–Kier alpha value is -2.89. The Kier molecular flexibility index (Phi) is 5.03. The lowest BCUT2D eigenvalue weighted by Crippen LogP contribution is -2.13. The average Bonchev–Trinajstić information content (AvgIpc) is 2.69. The van der Waals surface area contributed by atoms with Crippen molar-refractivity contribution >= 4 is 50.1 Å². The molecule has 0 spiro atoms. The minimum atomic E-state index is -0.269. The molecule has 0 aliphatic carbocycles. The van der Waals surface area contributed by atoms with Crippen LogP contribution in [0.3, 0.4) is 0 Å². The molecule has 1 amide bonds. The lowest BCUT2D eigenvalue weighted by atomic mass is 10.1. The van der Waals surface area contributed by atoms with Crippen LogP contribution in [0.5, 0.6) is 0 Å². The van der Waals surface area contributed by atoms with Crippen LogP contribution in [0, 0.1) is 0 Å². The van der Waals surface area contributed by atoms with E-state index in [9.17, 15) is 9.59 Å². The standard InChI is InChI=1S/C22H13BrClNO3/c23-18-4-2-1-3-16(18)22(27)25-15-9-10-20-17(11-15)19(26)12-21(28-20)13-5-7-14(24)8-6-13/h1-12H,(H,25,27). The van der Waals surface area contributed by atoms with Crippen LogP contribution >= 0.6 is 27.5 Å². The summed E-state index contributed by atoms with van der Waals surface area (Å²) in [5.74, 6) is 0.188. The summed E-state index contributed by atoms with van der Waals surface area (Å²) < 4.78 is 6.56. The van der Waals surface area contributed by atoms with Gasteiger partial charge in [-0.1, -0.05) is 23.7 Å². The van der Waals surface area contributed by atoms with Crippen LogP contribution in [-0.2, 0) is 0 Å². The topological polar surface area (TPSA) is 59.3 Å². The Labute approximate surface area is 173 Å². The van der Waals surface area contributed by atoms with Crippen molar-refractivity contribution in [3.8, 4) is 11.3 Å². The second kappa shape index (κ2) is 7.62. The zero-order chi connectivity index (χ0) is 19.7. The number of amides is 1. The molecule has 138 valence electrons. The first-order valence-electron chi connectivity index (χ1n) is 8.41. The molecule has 0 bridgehead atoms. The Balaban J connectivity index is 1.68. The highest BCUT2D eigenvalue weighted by molar-refractivity contribution is 9.10. The van der Waals surface area contributed by atoms with Crippen molar-refractivity contribution in [1.82, 2.24) is 0 Å². The number of rotatable bonds is 3. The number of anilines is 1. The fourth-order valence-electron chi connectivity index (χ4n) is 2.83. The maximum Gasteiger partial charge on any atom is 0.256 e. The number of carbonyl (C=O) groups is 1. The van der Waals surface area contributed by atoms with E-state index in [0.717, 1.165) is 5.56 Å². The molecule has 0 saturated carbocycles. The summed E-state index contributed by atoms with van der Waals surface area (Å²) in [5.41, 5.74) is 2.03. The van der Waals surface area contributed by atoms with Crippen molar-refractivity contribution in [1.29, 1.82) is 0 Å². The van der Waals surface area contributed by atoms with Crippen LogP contribution in [0.2, 0.25) is 5.02 Å². The van der Waals surface area contributed by atoms with E-state index in [1.807, 2.05) is 6.07 Å². The predicted octanol–water partition coefficient (Wildman–Crippen LogP) is 6.13. The van der Waals surface area contributed by atoms with Crippen molar-refractivity contribution in [2.75, 3.05) is 5.32 Å². The summed E-state index contributed by atoms with van der Waals surface area (Å²) in [6.45, 7) is 0. The minimum Gasteiger partial charge on any atom is -0.456 e. The van der Waals surface area contributed by atoms with Crippen LogP contribution in [0.4, 0.5) is 5.69 Å². The van der Waals surface area contributed by atoms with Crippen LogP contribution < -0.4 is 10.7 Å². The van der Waals surface area contributed by atoms with Gasteiger partial charge in [-0.3, -0.25) is 9.59 Å². The van der Waals surface area contributed by atoms with Gasteiger partial charge in [-0.2, -0.15) is 0 Å². The molecule has 0 aliphatic heterocycles. The van der Waals surface area contributed by atoms with E-state index in [-0.39, 0.29) is 11.3 Å². The van der Waals surface area contributed by atoms with E-state index in [4.69, 9.17) is 16.0 Å². The fraction of sp³-hybridized carbons (Fsp3) is 0. The van der Waals surface area contributed by atoms with Gasteiger partial charge in [0.05, 0.1) is 10.9 Å². The third-order valence-electron chi connectivity index (χ3n) is 4.23. The molecule has 0 radical (unpaired) electrons. The van der Waals surface area contributed by atoms with Crippen molar-refractivity contribution in [2.24, 2.45) is 0 Å². The van der Waals surface area contributed by atoms with Gasteiger partial charge in [-0.25, -0.2) is 0 Å². The number of carbonyl (C=O) groups excluding carboxylic acids is 1. The van der Waals surface area contributed by atoms with Gasteiger partial charge in [0.25, 0.3) is 5.91 Å². The molecule has 3 aromatic carbocycles. The van der Waals surface area contributed by atoms with Gasteiger partial charge in [-0.15, -0.1) is 0 Å². The molecule has 4 nitrogen and oxygen atoms in total. The molecular weight excluding hydrogens is 442 g/mol. The van der Waals surface area contributed by atoms with Gasteiger partial charge < -0.3 is 9.73 Å². The molecule has 1 aromatic heterocycles. The second-order valence-corrected chi connectivity index (χ2v) is 7.42. The van der Waals surface area contributed by atoms with Gasteiger partial charge >= 0.3 is 0 Å². The molecule has 4 rings (SSSR count). The maximum atomic E-state index is 12.6. The normalized spacial score (nSPS) is 10.8. The fourth-order valence-corrected chi connectivity index (χ4v) is 3.43. The zero-order valence-corrected chi connectivity index (χ0v) is 16.8. The highest BCUT2D eigenvalue weighted by Crippen LogP contribution is 2.25. The predicted molar refractivity (Wildman–Crippen MR) is 115 cm³/mol. The van der Waals surface area contributed by atoms with E-state index < -0.39 is 0 Å². The van der Waals surface area contributed by atoms with Crippen LogP contribution in [0.25, 0.3) is 22.3 Å². The summed E-state index contributed by atoms with van der Waals surface area (Å²) in [4.78, 5) is 25.1. The molecule has 0 unspecified atom stereocenters. The SMILES string of the molecule is O=C(Nc1ccc2oc(-c3ccc(Cl)cc3)cc(=O)c2c1)c1ccccc1Br. The van der Waals surface area contributed by atoms with E-state index in [1.54, 1.807) is 60.7 Å². The number of benzene rings is 3. The monoisotopic (exact) mass is 453 g/mol. The highest BCUT2D eigenvalue weighted by atomic mass is 79.9. The molecule has 1 heterocycles. The van der Waals surface area contributed by atoms with Gasteiger partial charge in [0.2, 0.25) is 0 Å². The minimum absolute atomic E-state index is 0.191. The third kappa shape index (κ3) is 3.72. The van der Waals surface area contributed by atoms with Crippen molar-refractivity contribution in [3.63, 3.8) is 0 Å². The second-order valence-electron chi connectivity index (χ2n) is 6.13. The first-order chi connectivity index (χ1) is 13.5. The number of nitrogens with one attached hydrogen (secondary N) is 1. The molecule has 6 heteroatoms. The summed E-state index contributed by atoms with van der Waals surface area (Å²) in [5, 5.41) is 3.81. The van der Waals surface area contributed by atoms with Gasteiger partial charge in [-0.05, 0) is 70.5 Å². The first-order valence-corrected chi connectivity index (χ1v) is 9.58. The molecule has 0 fully saturated rings. The Morgan fingerprint density at radius 1 is 0.964 bits per heavy atom. The molecule has 28 heavy (non-hydrogen) atoms. The lowest BCUT2D eigenvalue weighted by Gasteiger charge is -2.08. The number of halogens is 2. The quantitative estimate of drug-likeness (QED) is 0.405. The van der Waals surface area contributed by atoms with Gasteiger partial charge in [0.1, 0.15) is 11.3 Å². The third-order valence-corrected chi connectivity index (χ3v) is 5.18. The molecular formula is C22H13BrClNO3. The average molecular weight is 455 g/mol. The largest absolute Gasteiger partial charge is 0.456 e. The molecule has 1 N–H and O–H groups in total. The van der Waals surface area contributed by atoms with Crippen molar-refractivity contribution in [3.05, 3.63) is 98.1 Å². The van der Waals surface area contributed by atoms with E-state index >= 15 is 0 Å². The molecule has 0 aliphatic rings. The molecule has 0 atom stereocenters. The summed E-state index contributed by atoms with van der Waals surface area (Å²) in [6, 6.07) is 20.6. The van der Waals surface area contributed by atoms with E-state index in [2.05, 4.69) is 21.2 Å². The van der Waals surface area contributed by atoms with Gasteiger partial charge in [0, 0.05) is 26.8 Å². The first kappa shape index (κ1) is 18.5. The number of fused-ring (bicyclic) bond motifs is 1. The summed E-state index contributed by atoms with van der Waals surface area (Å²) >= 11 is 9.27. The van der Waals surface area contributed by atoms with Crippen LogP contribution in [0.1, 0.15) is 10.4 Å². The van der Waals surface area contributed by atoms with Crippen molar-refractivity contribution < 1.29 is 9.21 Å². The Morgan fingerprint density at radius 3 is 2.46 bits per heavy atom.